The molecule has 1 aliphatic heterocycles. The molecule has 1 atom stereocenters. The number of aromatic nitrogens is 2. The van der Waals surface area contributed by atoms with E-state index in [-0.39, 0.29) is 11.9 Å². The Kier molecular flexibility index (Phi) is 5.04. The highest BCUT2D eigenvalue weighted by atomic mass is 32.2. The molecule has 1 unspecified atom stereocenters. The monoisotopic (exact) mass is 376 g/mol. The Balaban J connectivity index is 1.85. The van der Waals surface area contributed by atoms with Crippen LogP contribution in [0, 0.1) is 0 Å². The Hall–Kier alpha value is -2.35. The fraction of sp³-hybridized carbons (Fsp3) is 0.444. The van der Waals surface area contributed by atoms with E-state index in [2.05, 4.69) is 17.3 Å². The Morgan fingerprint density at radius 1 is 1.35 bits per heavy atom. The molecule has 7 nitrogen and oxygen atoms in total. The Labute approximate surface area is 154 Å². The number of aryl methyl sites for hydroxylation is 1. The maximum Gasteiger partial charge on any atom is 0.256 e. The van der Waals surface area contributed by atoms with Crippen LogP contribution in [0.5, 0.6) is 0 Å². The average Bonchev–Trinajstić information content (AvgIpc) is 3.07. The molecule has 140 valence electrons. The highest BCUT2D eigenvalue weighted by Gasteiger charge is 2.25. The summed E-state index contributed by atoms with van der Waals surface area (Å²) in [5.74, 6) is 0.425. The van der Waals surface area contributed by atoms with E-state index in [1.165, 1.54) is 10.6 Å². The van der Waals surface area contributed by atoms with Crippen molar-refractivity contribution in [2.45, 2.75) is 39.2 Å². The summed E-state index contributed by atoms with van der Waals surface area (Å²) >= 11 is 0. The smallest absolute Gasteiger partial charge is 0.256 e. The maximum atomic E-state index is 12.7. The minimum absolute atomic E-state index is 0.187. The number of nitrogens with zero attached hydrogens (tertiary/aromatic N) is 3. The van der Waals surface area contributed by atoms with Crippen molar-refractivity contribution in [1.82, 2.24) is 9.78 Å². The summed E-state index contributed by atoms with van der Waals surface area (Å²) in [6.07, 6.45) is 5.28. The van der Waals surface area contributed by atoms with Crippen molar-refractivity contribution in [2.24, 2.45) is 0 Å². The maximum absolute atomic E-state index is 12.7. The molecular weight excluding hydrogens is 352 g/mol. The van der Waals surface area contributed by atoms with Gasteiger partial charge in [-0.15, -0.1) is 0 Å². The van der Waals surface area contributed by atoms with Crippen molar-refractivity contribution in [1.29, 1.82) is 0 Å². The number of sulfonamides is 1. The van der Waals surface area contributed by atoms with Crippen molar-refractivity contribution in [2.75, 3.05) is 22.4 Å². The molecular formula is C18H24N4O3S. The normalized spacial score (nSPS) is 15.4. The van der Waals surface area contributed by atoms with Crippen LogP contribution in [0.4, 0.5) is 11.5 Å². The molecule has 2 heterocycles. The van der Waals surface area contributed by atoms with Crippen molar-refractivity contribution in [3.63, 3.8) is 0 Å². The topological polar surface area (TPSA) is 84.3 Å². The molecule has 0 saturated carbocycles. The van der Waals surface area contributed by atoms with Crippen LogP contribution < -0.4 is 9.62 Å². The van der Waals surface area contributed by atoms with E-state index >= 15 is 0 Å². The summed E-state index contributed by atoms with van der Waals surface area (Å²) in [5, 5.41) is 7.17. The second kappa shape index (κ2) is 7.11. The SMILES string of the molecule is CCC(C)n1nccc1NC(=O)c1ccc2c(c1)CCCN2S(C)(=O)=O. The third-order valence-corrected chi connectivity index (χ3v) is 5.92. The molecule has 1 aromatic carbocycles. The highest BCUT2D eigenvalue weighted by Crippen LogP contribution is 2.30. The van der Waals surface area contributed by atoms with Crippen molar-refractivity contribution < 1.29 is 13.2 Å². The molecule has 0 spiro atoms. The Bertz CT molecular complexity index is 920. The third-order valence-electron chi connectivity index (χ3n) is 4.74. The number of nitrogens with one attached hydrogen (secondary N) is 1. The molecule has 0 radical (unpaired) electrons. The van der Waals surface area contributed by atoms with Gasteiger partial charge in [-0.05, 0) is 49.9 Å². The number of hydrogen-bond donors (Lipinski definition) is 1. The quantitative estimate of drug-likeness (QED) is 0.870. The molecule has 3 rings (SSSR count). The van der Waals surface area contributed by atoms with Crippen molar-refractivity contribution in [3.8, 4) is 0 Å². The van der Waals surface area contributed by atoms with Gasteiger partial charge >= 0.3 is 0 Å². The first-order valence-corrected chi connectivity index (χ1v) is 10.6. The van der Waals surface area contributed by atoms with Gasteiger partial charge in [-0.3, -0.25) is 9.10 Å². The first-order valence-electron chi connectivity index (χ1n) is 8.76. The molecule has 1 aliphatic rings. The van der Waals surface area contributed by atoms with E-state index in [0.717, 1.165) is 24.8 Å². The first kappa shape index (κ1) is 18.4. The lowest BCUT2D eigenvalue weighted by molar-refractivity contribution is 0.102. The van der Waals surface area contributed by atoms with Gasteiger partial charge in [0, 0.05) is 18.2 Å². The summed E-state index contributed by atoms with van der Waals surface area (Å²) in [6.45, 7) is 4.59. The van der Waals surface area contributed by atoms with Gasteiger partial charge in [0.15, 0.2) is 0 Å². The second-order valence-corrected chi connectivity index (χ2v) is 8.56. The van der Waals surface area contributed by atoms with E-state index in [0.29, 0.717) is 23.6 Å². The number of carbonyl (C=O) groups excluding carboxylic acids is 1. The second-order valence-electron chi connectivity index (χ2n) is 6.65. The molecule has 8 heteroatoms. The highest BCUT2D eigenvalue weighted by molar-refractivity contribution is 7.92. The molecule has 1 amide bonds. The van der Waals surface area contributed by atoms with E-state index in [4.69, 9.17) is 0 Å². The van der Waals surface area contributed by atoms with Gasteiger partial charge in [-0.25, -0.2) is 13.1 Å². The number of benzene rings is 1. The van der Waals surface area contributed by atoms with Crippen molar-refractivity contribution in [3.05, 3.63) is 41.6 Å². The van der Waals surface area contributed by atoms with Gasteiger partial charge in [0.2, 0.25) is 10.0 Å². The summed E-state index contributed by atoms with van der Waals surface area (Å²) in [6, 6.07) is 7.13. The third kappa shape index (κ3) is 3.60. The summed E-state index contributed by atoms with van der Waals surface area (Å²) in [7, 11) is -3.31. The number of rotatable bonds is 5. The standard InChI is InChI=1S/C18H24N4O3S/c1-4-13(2)22-17(9-10-19-22)20-18(23)15-7-8-16-14(12-15)6-5-11-21(16)26(3,24)25/h7-10,12-13H,4-6,11H2,1-3H3,(H,20,23). The molecule has 1 N–H and O–H groups in total. The van der Waals surface area contributed by atoms with Crippen LogP contribution >= 0.6 is 0 Å². The number of hydrogen-bond acceptors (Lipinski definition) is 4. The Morgan fingerprint density at radius 3 is 2.81 bits per heavy atom. The fourth-order valence-corrected chi connectivity index (χ4v) is 4.17. The summed E-state index contributed by atoms with van der Waals surface area (Å²) in [4.78, 5) is 12.7. The predicted molar refractivity (Wildman–Crippen MR) is 102 cm³/mol. The minimum atomic E-state index is -3.31. The lowest BCUT2D eigenvalue weighted by atomic mass is 10.0. The zero-order valence-electron chi connectivity index (χ0n) is 15.3. The van der Waals surface area contributed by atoms with Crippen LogP contribution in [0.25, 0.3) is 0 Å². The largest absolute Gasteiger partial charge is 0.307 e. The average molecular weight is 376 g/mol. The zero-order chi connectivity index (χ0) is 18.9. The summed E-state index contributed by atoms with van der Waals surface area (Å²) < 4.78 is 27.1. The summed E-state index contributed by atoms with van der Waals surface area (Å²) in [5.41, 5.74) is 2.06. The van der Waals surface area contributed by atoms with E-state index in [9.17, 15) is 13.2 Å². The van der Waals surface area contributed by atoms with E-state index < -0.39 is 10.0 Å². The van der Waals surface area contributed by atoms with Crippen LogP contribution in [-0.4, -0.2) is 36.9 Å². The fourth-order valence-electron chi connectivity index (χ4n) is 3.17. The lowest BCUT2D eigenvalue weighted by Crippen LogP contribution is -2.34. The predicted octanol–water partition coefficient (Wildman–Crippen LogP) is 2.82. The van der Waals surface area contributed by atoms with Gasteiger partial charge in [0.05, 0.1) is 24.2 Å². The molecule has 26 heavy (non-hydrogen) atoms. The van der Waals surface area contributed by atoms with E-state index in [1.54, 1.807) is 35.1 Å². The van der Waals surface area contributed by atoms with Gasteiger partial charge in [0.1, 0.15) is 5.82 Å². The number of anilines is 2. The molecule has 0 aliphatic carbocycles. The zero-order valence-corrected chi connectivity index (χ0v) is 16.1. The molecule has 2 aromatic rings. The van der Waals surface area contributed by atoms with Gasteiger partial charge in [-0.1, -0.05) is 6.92 Å². The van der Waals surface area contributed by atoms with Crippen LogP contribution in [0.2, 0.25) is 0 Å². The number of amides is 1. The van der Waals surface area contributed by atoms with Gasteiger partial charge in [-0.2, -0.15) is 5.10 Å². The Morgan fingerprint density at radius 2 is 2.12 bits per heavy atom. The van der Waals surface area contributed by atoms with Crippen LogP contribution in [0.15, 0.2) is 30.5 Å². The number of fused-ring (bicyclic) bond motifs is 1. The van der Waals surface area contributed by atoms with E-state index in [1.807, 2.05) is 6.92 Å². The first-order chi connectivity index (χ1) is 12.3. The molecule has 0 bridgehead atoms. The van der Waals surface area contributed by atoms with Gasteiger partial charge < -0.3 is 5.32 Å². The molecule has 1 aromatic heterocycles. The molecule has 0 saturated heterocycles. The lowest BCUT2D eigenvalue weighted by Gasteiger charge is -2.29. The van der Waals surface area contributed by atoms with Crippen LogP contribution in [-0.2, 0) is 16.4 Å². The van der Waals surface area contributed by atoms with Crippen LogP contribution in [0.3, 0.4) is 0 Å². The minimum Gasteiger partial charge on any atom is -0.307 e. The molecule has 0 fully saturated rings. The van der Waals surface area contributed by atoms with Crippen LogP contribution in [0.1, 0.15) is 48.7 Å². The van der Waals surface area contributed by atoms with Gasteiger partial charge in [0.25, 0.3) is 5.91 Å². The van der Waals surface area contributed by atoms with Crippen molar-refractivity contribution >= 4 is 27.4 Å². The number of carbonyl (C=O) groups is 1.